The number of hydrogen-bond acceptors (Lipinski definition) is 8. The van der Waals surface area contributed by atoms with Crippen molar-refractivity contribution in [1.82, 2.24) is 24.3 Å². The van der Waals surface area contributed by atoms with Crippen LogP contribution in [0.2, 0.25) is 5.02 Å². The quantitative estimate of drug-likeness (QED) is 0.153. The first-order valence-corrected chi connectivity index (χ1v) is 16.6. The van der Waals surface area contributed by atoms with E-state index in [1.807, 2.05) is 98.1 Å². The predicted octanol–water partition coefficient (Wildman–Crippen LogP) is 5.64. The number of nitrogens with zero attached hydrogens (tertiary/aromatic N) is 5. The molecule has 0 radical (unpaired) electrons. The maximum Gasteiger partial charge on any atom is 0.330 e. The molecule has 0 saturated heterocycles. The lowest BCUT2D eigenvalue weighted by Gasteiger charge is -2.25. The van der Waals surface area contributed by atoms with Crippen molar-refractivity contribution in [3.8, 4) is 22.8 Å². The summed E-state index contributed by atoms with van der Waals surface area (Å²) in [5.74, 6) is 0.896. The second-order valence-corrected chi connectivity index (χ2v) is 12.5. The van der Waals surface area contributed by atoms with Crippen LogP contribution in [0.25, 0.3) is 17.1 Å². The molecule has 0 fully saturated rings. The third-order valence-corrected chi connectivity index (χ3v) is 8.62. The highest BCUT2D eigenvalue weighted by Crippen LogP contribution is 2.33. The summed E-state index contributed by atoms with van der Waals surface area (Å²) in [5.41, 5.74) is 7.29. The molecule has 0 atom stereocenters. The Morgan fingerprint density at radius 2 is 1.72 bits per heavy atom. The SMILES string of the molecule is CCOc1ccc(-n2c(SCC(=O)N(CCC(C)C)c3c(N)n(Cc4ccccc4)c(=O)[nH]c3=O)nnc2-c2ccccc2Cl)cc1. The Hall–Kier alpha value is -4.81. The van der Waals surface area contributed by atoms with Crippen LogP contribution < -0.4 is 26.6 Å². The van der Waals surface area contributed by atoms with E-state index in [0.717, 1.165) is 11.3 Å². The number of aromatic nitrogens is 5. The Morgan fingerprint density at radius 1 is 1.02 bits per heavy atom. The number of benzene rings is 3. The summed E-state index contributed by atoms with van der Waals surface area (Å²) >= 11 is 7.73. The van der Waals surface area contributed by atoms with Crippen molar-refractivity contribution in [2.75, 3.05) is 29.5 Å². The molecule has 0 aliphatic heterocycles. The van der Waals surface area contributed by atoms with Gasteiger partial charge in [-0.05, 0) is 61.2 Å². The van der Waals surface area contributed by atoms with Crippen LogP contribution in [0.4, 0.5) is 11.5 Å². The van der Waals surface area contributed by atoms with Crippen LogP contribution in [-0.2, 0) is 11.3 Å². The molecule has 0 unspecified atom stereocenters. The first-order valence-electron chi connectivity index (χ1n) is 15.2. The molecule has 2 aromatic heterocycles. The number of anilines is 2. The minimum atomic E-state index is -0.725. The van der Waals surface area contributed by atoms with Crippen molar-refractivity contribution in [3.05, 3.63) is 110 Å². The molecule has 47 heavy (non-hydrogen) atoms. The Morgan fingerprint density at radius 3 is 2.40 bits per heavy atom. The lowest BCUT2D eigenvalue weighted by Crippen LogP contribution is -2.42. The number of nitrogens with two attached hydrogens (primary N) is 1. The van der Waals surface area contributed by atoms with Gasteiger partial charge in [0, 0.05) is 17.8 Å². The summed E-state index contributed by atoms with van der Waals surface area (Å²) in [6.45, 7) is 6.85. The number of carbonyl (C=O) groups excluding carboxylic acids is 1. The van der Waals surface area contributed by atoms with Gasteiger partial charge in [-0.2, -0.15) is 0 Å². The Bertz CT molecular complexity index is 1960. The number of nitrogens with one attached hydrogen (secondary N) is 1. The molecule has 244 valence electrons. The number of thioether (sulfide) groups is 1. The molecule has 0 spiro atoms. The van der Waals surface area contributed by atoms with E-state index in [2.05, 4.69) is 15.2 Å². The van der Waals surface area contributed by atoms with Gasteiger partial charge in [0.15, 0.2) is 16.7 Å². The maximum absolute atomic E-state index is 14.0. The van der Waals surface area contributed by atoms with Crippen LogP contribution in [0.3, 0.4) is 0 Å². The minimum Gasteiger partial charge on any atom is -0.494 e. The van der Waals surface area contributed by atoms with E-state index >= 15 is 0 Å². The molecule has 5 rings (SSSR count). The van der Waals surface area contributed by atoms with E-state index in [-0.39, 0.29) is 42.2 Å². The molecule has 5 aromatic rings. The van der Waals surface area contributed by atoms with Crippen molar-refractivity contribution >= 4 is 40.8 Å². The molecular formula is C34H36ClN7O4S. The van der Waals surface area contributed by atoms with Gasteiger partial charge in [-0.25, -0.2) is 4.79 Å². The molecule has 11 nitrogen and oxygen atoms in total. The van der Waals surface area contributed by atoms with Gasteiger partial charge in [-0.15, -0.1) is 10.2 Å². The molecule has 13 heteroatoms. The molecule has 1 amide bonds. The van der Waals surface area contributed by atoms with E-state index in [0.29, 0.717) is 40.3 Å². The largest absolute Gasteiger partial charge is 0.494 e. The fourth-order valence-electron chi connectivity index (χ4n) is 4.99. The zero-order chi connectivity index (χ0) is 33.5. The average Bonchev–Trinajstić information content (AvgIpc) is 3.48. The lowest BCUT2D eigenvalue weighted by atomic mass is 10.1. The number of nitrogen functional groups attached to an aromatic ring is 1. The molecule has 0 bridgehead atoms. The fraction of sp³-hybridized carbons (Fsp3) is 0.265. The van der Waals surface area contributed by atoms with Gasteiger partial charge >= 0.3 is 5.69 Å². The topological polar surface area (TPSA) is 141 Å². The van der Waals surface area contributed by atoms with Crippen LogP contribution in [0.5, 0.6) is 5.75 Å². The smallest absolute Gasteiger partial charge is 0.330 e. The third kappa shape index (κ3) is 7.78. The molecular weight excluding hydrogens is 638 g/mol. The highest BCUT2D eigenvalue weighted by Gasteiger charge is 2.26. The summed E-state index contributed by atoms with van der Waals surface area (Å²) in [5, 5.41) is 9.82. The number of halogens is 1. The number of amides is 1. The highest BCUT2D eigenvalue weighted by molar-refractivity contribution is 7.99. The predicted molar refractivity (Wildman–Crippen MR) is 187 cm³/mol. The van der Waals surface area contributed by atoms with Gasteiger partial charge in [0.05, 0.1) is 23.9 Å². The van der Waals surface area contributed by atoms with Crippen molar-refractivity contribution in [3.63, 3.8) is 0 Å². The van der Waals surface area contributed by atoms with E-state index in [1.165, 1.54) is 21.2 Å². The number of aromatic amines is 1. The summed E-state index contributed by atoms with van der Waals surface area (Å²) in [4.78, 5) is 43.8. The second kappa shape index (κ2) is 15.2. The molecule has 2 heterocycles. The fourth-order valence-corrected chi connectivity index (χ4v) is 6.03. The van der Waals surface area contributed by atoms with Gasteiger partial charge in [-0.1, -0.05) is 79.7 Å². The zero-order valence-electron chi connectivity index (χ0n) is 26.4. The molecule has 0 aliphatic rings. The summed E-state index contributed by atoms with van der Waals surface area (Å²) < 4.78 is 8.72. The first-order chi connectivity index (χ1) is 22.7. The molecule has 3 aromatic carbocycles. The van der Waals surface area contributed by atoms with Crippen LogP contribution in [0.15, 0.2) is 93.6 Å². The van der Waals surface area contributed by atoms with Crippen LogP contribution in [0, 0.1) is 5.92 Å². The zero-order valence-corrected chi connectivity index (χ0v) is 27.9. The van der Waals surface area contributed by atoms with Crippen LogP contribution >= 0.6 is 23.4 Å². The summed E-state index contributed by atoms with van der Waals surface area (Å²) in [6.07, 6.45) is 0.603. The Labute approximate surface area is 281 Å². The number of hydrogen-bond donors (Lipinski definition) is 2. The standard InChI is InChI=1S/C34H36ClN7O4S/c1-4-46-25-16-14-24(15-17-25)42-31(26-12-8-9-13-27(26)35)38-39-34(42)47-21-28(43)40(19-18-22(2)3)29-30(36)41(33(45)37-32(29)44)20-23-10-6-5-7-11-23/h5-17,22H,4,18-21,36H2,1-3H3,(H,37,44,45). The first kappa shape index (κ1) is 33.6. The molecule has 3 N–H and O–H groups in total. The van der Waals surface area contributed by atoms with E-state index < -0.39 is 11.2 Å². The van der Waals surface area contributed by atoms with Crippen molar-refractivity contribution < 1.29 is 9.53 Å². The van der Waals surface area contributed by atoms with Gasteiger partial charge < -0.3 is 15.4 Å². The second-order valence-electron chi connectivity index (χ2n) is 11.1. The van der Waals surface area contributed by atoms with E-state index in [1.54, 1.807) is 6.07 Å². The summed E-state index contributed by atoms with van der Waals surface area (Å²) in [7, 11) is 0. The van der Waals surface area contributed by atoms with Gasteiger partial charge in [-0.3, -0.25) is 23.7 Å². The van der Waals surface area contributed by atoms with Crippen LogP contribution in [0.1, 0.15) is 32.8 Å². The van der Waals surface area contributed by atoms with Gasteiger partial charge in [0.25, 0.3) is 5.56 Å². The van der Waals surface area contributed by atoms with Gasteiger partial charge in [0.2, 0.25) is 5.91 Å². The minimum absolute atomic E-state index is 0.0588. The monoisotopic (exact) mass is 673 g/mol. The lowest BCUT2D eigenvalue weighted by molar-refractivity contribution is -0.116. The van der Waals surface area contributed by atoms with Crippen molar-refractivity contribution in [2.45, 2.75) is 38.9 Å². The Balaban J connectivity index is 1.50. The van der Waals surface area contributed by atoms with E-state index in [4.69, 9.17) is 22.1 Å². The third-order valence-electron chi connectivity index (χ3n) is 7.38. The van der Waals surface area contributed by atoms with Crippen molar-refractivity contribution in [1.29, 1.82) is 0 Å². The maximum atomic E-state index is 14.0. The normalized spacial score (nSPS) is 11.2. The molecule has 0 saturated carbocycles. The highest BCUT2D eigenvalue weighted by atomic mass is 35.5. The van der Waals surface area contributed by atoms with Crippen molar-refractivity contribution in [2.24, 2.45) is 5.92 Å². The number of H-pyrrole nitrogens is 1. The van der Waals surface area contributed by atoms with Crippen LogP contribution in [-0.4, -0.2) is 49.1 Å². The Kier molecular flexibility index (Phi) is 10.8. The number of carbonyl (C=O) groups is 1. The number of rotatable bonds is 13. The van der Waals surface area contributed by atoms with E-state index in [9.17, 15) is 14.4 Å². The average molecular weight is 674 g/mol. The van der Waals surface area contributed by atoms with Gasteiger partial charge in [0.1, 0.15) is 11.6 Å². The summed E-state index contributed by atoms with van der Waals surface area (Å²) in [6, 6.07) is 24.1. The number of ether oxygens (including phenoxy) is 1. The molecule has 0 aliphatic carbocycles.